The number of halogens is 1. The van der Waals surface area contributed by atoms with Crippen molar-refractivity contribution in [2.45, 2.75) is 6.54 Å². The van der Waals surface area contributed by atoms with Gasteiger partial charge in [-0.2, -0.15) is 0 Å². The fourth-order valence-electron chi connectivity index (χ4n) is 4.68. The van der Waals surface area contributed by atoms with Gasteiger partial charge < -0.3 is 20.7 Å². The number of para-hydroxylation sites is 1. The summed E-state index contributed by atoms with van der Waals surface area (Å²) in [7, 11) is 0. The molecule has 0 saturated carbocycles. The predicted octanol–water partition coefficient (Wildman–Crippen LogP) is 7.22. The number of carbonyl (C=O) groups is 2. The highest BCUT2D eigenvalue weighted by molar-refractivity contribution is 6.04. The van der Waals surface area contributed by atoms with E-state index in [4.69, 9.17) is 10.5 Å². The number of ether oxygens (including phenoxy) is 1. The number of rotatable bonds is 11. The first-order valence-corrected chi connectivity index (χ1v) is 14.2. The molecule has 0 heterocycles. The molecule has 0 unspecified atom stereocenters. The standard InChI is InChI=1S/C37H32FN3O3/c38-30-16-13-27(14-17-30)15-22-36(42)41(31-18-20-33(21-19-31)44-32-9-2-1-3-10-32)26-28-7-6-8-29(25-28)34-11-4-5-12-35(34)37(43)40-24-23-39/h1-22,25H,23-24,26,39H2,(H,40,43). The van der Waals surface area contributed by atoms with Crippen molar-refractivity contribution in [1.82, 2.24) is 5.32 Å². The molecule has 0 atom stereocenters. The highest BCUT2D eigenvalue weighted by Gasteiger charge is 2.17. The van der Waals surface area contributed by atoms with Crippen molar-refractivity contribution in [2.75, 3.05) is 18.0 Å². The Kier molecular flexibility index (Phi) is 9.92. The van der Waals surface area contributed by atoms with Crippen LogP contribution in [0.5, 0.6) is 11.5 Å². The summed E-state index contributed by atoms with van der Waals surface area (Å²) in [6.07, 6.45) is 3.14. The van der Waals surface area contributed by atoms with Crippen molar-refractivity contribution < 1.29 is 18.7 Å². The molecule has 0 fully saturated rings. The highest BCUT2D eigenvalue weighted by Crippen LogP contribution is 2.28. The number of amides is 2. The maximum absolute atomic E-state index is 13.6. The predicted molar refractivity (Wildman–Crippen MR) is 173 cm³/mol. The van der Waals surface area contributed by atoms with Gasteiger partial charge in [-0.25, -0.2) is 4.39 Å². The summed E-state index contributed by atoms with van der Waals surface area (Å²) in [4.78, 5) is 28.1. The zero-order chi connectivity index (χ0) is 30.7. The second-order valence-electron chi connectivity index (χ2n) is 10.0. The molecule has 0 aliphatic rings. The number of carbonyl (C=O) groups excluding carboxylic acids is 2. The van der Waals surface area contributed by atoms with Crippen LogP contribution >= 0.6 is 0 Å². The smallest absolute Gasteiger partial charge is 0.251 e. The molecule has 0 aliphatic carbocycles. The molecule has 0 radical (unpaired) electrons. The van der Waals surface area contributed by atoms with E-state index in [2.05, 4.69) is 5.32 Å². The van der Waals surface area contributed by atoms with Crippen LogP contribution in [0, 0.1) is 5.82 Å². The summed E-state index contributed by atoms with van der Waals surface area (Å²) in [6.45, 7) is 0.994. The van der Waals surface area contributed by atoms with Crippen LogP contribution < -0.4 is 20.7 Å². The molecule has 0 saturated heterocycles. The van der Waals surface area contributed by atoms with Crippen molar-refractivity contribution in [2.24, 2.45) is 5.73 Å². The van der Waals surface area contributed by atoms with Gasteiger partial charge in [0.25, 0.3) is 11.8 Å². The van der Waals surface area contributed by atoms with E-state index in [1.807, 2.05) is 97.1 Å². The quantitative estimate of drug-likeness (QED) is 0.160. The Hall–Kier alpha value is -5.53. The minimum Gasteiger partial charge on any atom is -0.457 e. The van der Waals surface area contributed by atoms with Gasteiger partial charge in [0.1, 0.15) is 17.3 Å². The molecular weight excluding hydrogens is 553 g/mol. The van der Waals surface area contributed by atoms with Gasteiger partial charge in [-0.3, -0.25) is 9.59 Å². The van der Waals surface area contributed by atoms with Gasteiger partial charge in [0.2, 0.25) is 0 Å². The largest absolute Gasteiger partial charge is 0.457 e. The molecule has 2 amide bonds. The molecule has 0 aliphatic heterocycles. The second kappa shape index (κ2) is 14.6. The van der Waals surface area contributed by atoms with E-state index in [-0.39, 0.29) is 24.2 Å². The molecule has 0 aromatic heterocycles. The second-order valence-corrected chi connectivity index (χ2v) is 10.0. The number of hydrogen-bond acceptors (Lipinski definition) is 4. The first-order valence-electron chi connectivity index (χ1n) is 14.2. The summed E-state index contributed by atoms with van der Waals surface area (Å²) >= 11 is 0. The highest BCUT2D eigenvalue weighted by atomic mass is 19.1. The fraction of sp³-hybridized carbons (Fsp3) is 0.0811. The Morgan fingerprint density at radius 1 is 0.795 bits per heavy atom. The van der Waals surface area contributed by atoms with Crippen LogP contribution in [0.4, 0.5) is 10.1 Å². The van der Waals surface area contributed by atoms with E-state index in [9.17, 15) is 14.0 Å². The lowest BCUT2D eigenvalue weighted by molar-refractivity contribution is -0.114. The minimum absolute atomic E-state index is 0.197. The number of anilines is 1. The van der Waals surface area contributed by atoms with Gasteiger partial charge in [-0.15, -0.1) is 0 Å². The minimum atomic E-state index is -0.341. The number of nitrogens with one attached hydrogen (secondary N) is 1. The molecule has 0 spiro atoms. The third kappa shape index (κ3) is 7.85. The summed E-state index contributed by atoms with van der Waals surface area (Å²) in [5.74, 6) is 0.561. The van der Waals surface area contributed by atoms with Gasteiger partial charge in [0.15, 0.2) is 0 Å². The zero-order valence-electron chi connectivity index (χ0n) is 24.0. The maximum atomic E-state index is 13.6. The van der Waals surface area contributed by atoms with Crippen LogP contribution in [-0.2, 0) is 11.3 Å². The molecule has 5 aromatic rings. The first-order chi connectivity index (χ1) is 21.5. The Balaban J connectivity index is 1.43. The van der Waals surface area contributed by atoms with Crippen molar-refractivity contribution in [3.05, 3.63) is 156 Å². The molecule has 7 heteroatoms. The van der Waals surface area contributed by atoms with Gasteiger partial charge in [0, 0.05) is 30.4 Å². The van der Waals surface area contributed by atoms with Gasteiger partial charge in [-0.05, 0) is 89.0 Å². The van der Waals surface area contributed by atoms with E-state index >= 15 is 0 Å². The summed E-state index contributed by atoms with van der Waals surface area (Å²) in [6, 6.07) is 37.9. The van der Waals surface area contributed by atoms with Crippen LogP contribution in [0.2, 0.25) is 0 Å². The van der Waals surface area contributed by atoms with E-state index < -0.39 is 0 Å². The first kappa shape index (κ1) is 29.9. The Morgan fingerprint density at radius 3 is 2.25 bits per heavy atom. The van der Waals surface area contributed by atoms with Gasteiger partial charge >= 0.3 is 0 Å². The average molecular weight is 586 g/mol. The number of benzene rings is 5. The normalized spacial score (nSPS) is 10.9. The lowest BCUT2D eigenvalue weighted by Gasteiger charge is -2.22. The third-order valence-electron chi connectivity index (χ3n) is 6.86. The van der Waals surface area contributed by atoms with Crippen molar-refractivity contribution in [3.63, 3.8) is 0 Å². The molecule has 44 heavy (non-hydrogen) atoms. The zero-order valence-corrected chi connectivity index (χ0v) is 24.0. The molecule has 220 valence electrons. The molecule has 6 nitrogen and oxygen atoms in total. The number of nitrogens with zero attached hydrogens (tertiary/aromatic N) is 1. The Labute approximate surface area is 256 Å². The van der Waals surface area contributed by atoms with Gasteiger partial charge in [0.05, 0.1) is 6.54 Å². The number of nitrogens with two attached hydrogens (primary N) is 1. The van der Waals surface area contributed by atoms with Crippen LogP contribution in [0.25, 0.3) is 17.2 Å². The fourth-order valence-corrected chi connectivity index (χ4v) is 4.68. The lowest BCUT2D eigenvalue weighted by Crippen LogP contribution is -2.29. The summed E-state index contributed by atoms with van der Waals surface area (Å²) in [5.41, 5.74) is 9.99. The molecular formula is C37H32FN3O3. The monoisotopic (exact) mass is 585 g/mol. The third-order valence-corrected chi connectivity index (χ3v) is 6.86. The molecule has 3 N–H and O–H groups in total. The van der Waals surface area contributed by atoms with E-state index in [0.717, 1.165) is 16.7 Å². The SMILES string of the molecule is NCCNC(=O)c1ccccc1-c1cccc(CN(C(=O)C=Cc2ccc(F)cc2)c2ccc(Oc3ccccc3)cc2)c1. The van der Waals surface area contributed by atoms with Crippen molar-refractivity contribution in [1.29, 1.82) is 0 Å². The molecule has 0 bridgehead atoms. The maximum Gasteiger partial charge on any atom is 0.251 e. The molecule has 5 rings (SSSR count). The average Bonchev–Trinajstić information content (AvgIpc) is 3.07. The van der Waals surface area contributed by atoms with Crippen molar-refractivity contribution >= 4 is 23.6 Å². The van der Waals surface area contributed by atoms with Crippen LogP contribution in [0.1, 0.15) is 21.5 Å². The lowest BCUT2D eigenvalue weighted by atomic mass is 9.97. The van der Waals surface area contributed by atoms with E-state index in [1.54, 1.807) is 29.2 Å². The van der Waals surface area contributed by atoms with Crippen molar-refractivity contribution in [3.8, 4) is 22.6 Å². The Morgan fingerprint density at radius 2 is 1.50 bits per heavy atom. The van der Waals surface area contributed by atoms with E-state index in [1.165, 1.54) is 18.2 Å². The number of hydrogen-bond donors (Lipinski definition) is 2. The summed E-state index contributed by atoms with van der Waals surface area (Å²) in [5, 5.41) is 2.84. The molecule has 5 aromatic carbocycles. The Bertz CT molecular complexity index is 1740. The van der Waals surface area contributed by atoms with Crippen LogP contribution in [0.15, 0.2) is 133 Å². The van der Waals surface area contributed by atoms with E-state index in [0.29, 0.717) is 41.4 Å². The van der Waals surface area contributed by atoms with Crippen LogP contribution in [0.3, 0.4) is 0 Å². The van der Waals surface area contributed by atoms with Crippen LogP contribution in [-0.4, -0.2) is 24.9 Å². The van der Waals surface area contributed by atoms with Gasteiger partial charge in [-0.1, -0.05) is 66.7 Å². The summed E-state index contributed by atoms with van der Waals surface area (Å²) < 4.78 is 19.3. The topological polar surface area (TPSA) is 84.7 Å².